The Morgan fingerprint density at radius 1 is 1.18 bits per heavy atom. The van der Waals surface area contributed by atoms with Crippen LogP contribution in [0.15, 0.2) is 54.6 Å². The highest BCUT2D eigenvalue weighted by Gasteiger charge is 2.23. The van der Waals surface area contributed by atoms with Gasteiger partial charge in [-0.25, -0.2) is 8.42 Å². The van der Waals surface area contributed by atoms with Gasteiger partial charge in [-0.05, 0) is 67.9 Å². The van der Waals surface area contributed by atoms with Crippen LogP contribution >= 0.6 is 0 Å². The van der Waals surface area contributed by atoms with Gasteiger partial charge >= 0.3 is 0 Å². The number of hydrogen-bond donors (Lipinski definition) is 3. The molecular weight excluding hydrogens is 502 g/mol. The average Bonchev–Trinajstić information content (AvgIpc) is 3.29. The molecule has 3 aromatic rings. The van der Waals surface area contributed by atoms with E-state index < -0.39 is 15.9 Å². The van der Waals surface area contributed by atoms with Gasteiger partial charge in [0, 0.05) is 42.5 Å². The Kier molecular flexibility index (Phi) is 7.86. The number of fused-ring (bicyclic) bond motifs is 1. The zero-order chi connectivity index (χ0) is 27.6. The molecule has 10 heteroatoms. The van der Waals surface area contributed by atoms with Crippen LogP contribution in [0.4, 0.5) is 5.69 Å². The first-order valence-electron chi connectivity index (χ1n) is 12.3. The minimum atomic E-state index is -3.26. The van der Waals surface area contributed by atoms with Crippen molar-refractivity contribution in [1.82, 2.24) is 14.2 Å². The number of likely N-dealkylation sites (N-methyl/N-ethyl adjacent to an activating group) is 1. The molecule has 0 bridgehead atoms. The third-order valence-electron chi connectivity index (χ3n) is 6.67. The first-order chi connectivity index (χ1) is 18.0. The van der Waals surface area contributed by atoms with Crippen molar-refractivity contribution in [2.75, 3.05) is 45.3 Å². The molecule has 38 heavy (non-hydrogen) atoms. The third kappa shape index (κ3) is 5.88. The normalized spacial score (nSPS) is 14.8. The van der Waals surface area contributed by atoms with E-state index in [1.807, 2.05) is 62.3 Å². The van der Waals surface area contributed by atoms with Gasteiger partial charge in [0.05, 0.1) is 17.3 Å². The lowest BCUT2D eigenvalue weighted by Gasteiger charge is -2.23. The molecular formula is C28H33N5O4S. The quantitative estimate of drug-likeness (QED) is 0.381. The topological polar surface area (TPSA) is 129 Å². The summed E-state index contributed by atoms with van der Waals surface area (Å²) in [7, 11) is 0.602. The fourth-order valence-corrected chi connectivity index (χ4v) is 5.40. The number of aromatic amines is 1. The van der Waals surface area contributed by atoms with Crippen LogP contribution in [0.3, 0.4) is 0 Å². The number of nitrogens with one attached hydrogen (secondary N) is 2. The van der Waals surface area contributed by atoms with Crippen molar-refractivity contribution < 1.29 is 18.0 Å². The lowest BCUT2D eigenvalue weighted by molar-refractivity contribution is -0.111. The minimum Gasteiger partial charge on any atom is -0.366 e. The van der Waals surface area contributed by atoms with Crippen LogP contribution in [0.25, 0.3) is 27.6 Å². The number of benzene rings is 2. The fraction of sp³-hybridized carbons (Fsp3) is 0.286. The molecule has 0 fully saturated rings. The summed E-state index contributed by atoms with van der Waals surface area (Å²) < 4.78 is 25.2. The summed E-state index contributed by atoms with van der Waals surface area (Å²) >= 11 is 0. The predicted molar refractivity (Wildman–Crippen MR) is 152 cm³/mol. The van der Waals surface area contributed by atoms with Crippen LogP contribution in [-0.2, 0) is 14.8 Å². The van der Waals surface area contributed by atoms with Gasteiger partial charge in [0.15, 0.2) is 0 Å². The van der Waals surface area contributed by atoms with E-state index in [1.165, 1.54) is 16.6 Å². The SMILES string of the molecule is Cc1c(NC(=O)C=CCN(C)C)cccc1-c1ccc(C(N)=O)c2[nH]c(C3=CCN(S(C)(=O)=O)CC3)cc12. The van der Waals surface area contributed by atoms with E-state index in [-0.39, 0.29) is 5.91 Å². The Balaban J connectivity index is 1.74. The first kappa shape index (κ1) is 27.3. The number of anilines is 1. The van der Waals surface area contributed by atoms with Crippen molar-refractivity contribution in [3.05, 3.63) is 71.4 Å². The highest BCUT2D eigenvalue weighted by molar-refractivity contribution is 7.88. The fourth-order valence-electron chi connectivity index (χ4n) is 4.64. The average molecular weight is 536 g/mol. The first-order valence-corrected chi connectivity index (χ1v) is 14.1. The van der Waals surface area contributed by atoms with Gasteiger partial charge in [-0.15, -0.1) is 0 Å². The second kappa shape index (κ2) is 10.9. The molecule has 0 aliphatic carbocycles. The van der Waals surface area contributed by atoms with E-state index in [0.29, 0.717) is 42.8 Å². The zero-order valence-electron chi connectivity index (χ0n) is 22.0. The molecule has 0 unspecified atom stereocenters. The minimum absolute atomic E-state index is 0.211. The number of nitrogens with two attached hydrogens (primary N) is 1. The van der Waals surface area contributed by atoms with Crippen molar-refractivity contribution >= 4 is 44.0 Å². The number of hydrogen-bond acceptors (Lipinski definition) is 5. The summed E-state index contributed by atoms with van der Waals surface area (Å²) in [6, 6.07) is 11.3. The maximum atomic E-state index is 12.5. The summed E-state index contributed by atoms with van der Waals surface area (Å²) in [5.41, 5.74) is 11.9. The number of amides is 2. The highest BCUT2D eigenvalue weighted by Crippen LogP contribution is 2.37. The number of sulfonamides is 1. The number of carbonyl (C=O) groups is 2. The monoisotopic (exact) mass is 535 g/mol. The lowest BCUT2D eigenvalue weighted by Crippen LogP contribution is -2.33. The molecule has 4 rings (SSSR count). The standard InChI is InChI=1S/C28H33N5O4S/c1-18-20(7-5-8-24(18)30-26(34)9-6-14-32(2)3)21-10-11-22(28(29)35)27-23(21)17-25(31-27)19-12-15-33(16-13-19)38(4,36)37/h5-12,17,31H,13-16H2,1-4H3,(H2,29,35)(H,30,34). The molecule has 0 spiro atoms. The van der Waals surface area contributed by atoms with Crippen molar-refractivity contribution in [2.24, 2.45) is 5.73 Å². The van der Waals surface area contributed by atoms with Crippen molar-refractivity contribution in [2.45, 2.75) is 13.3 Å². The molecule has 2 amide bonds. The van der Waals surface area contributed by atoms with Gasteiger partial charge in [0.1, 0.15) is 0 Å². The zero-order valence-corrected chi connectivity index (χ0v) is 22.9. The molecule has 0 atom stereocenters. The number of rotatable bonds is 8. The number of aromatic nitrogens is 1. The van der Waals surface area contributed by atoms with Crippen molar-refractivity contribution in [3.8, 4) is 11.1 Å². The molecule has 1 aliphatic rings. The van der Waals surface area contributed by atoms with E-state index in [9.17, 15) is 18.0 Å². The van der Waals surface area contributed by atoms with Gasteiger partial charge in [-0.2, -0.15) is 4.31 Å². The van der Waals surface area contributed by atoms with Gasteiger partial charge in [0.25, 0.3) is 5.91 Å². The Hall–Kier alpha value is -3.73. The maximum Gasteiger partial charge on any atom is 0.250 e. The van der Waals surface area contributed by atoms with Gasteiger partial charge < -0.3 is 20.9 Å². The number of primary amides is 1. The number of carbonyl (C=O) groups excluding carboxylic acids is 2. The van der Waals surface area contributed by atoms with Gasteiger partial charge in [0.2, 0.25) is 15.9 Å². The Bertz CT molecular complexity index is 1570. The molecule has 1 aliphatic heterocycles. The number of nitrogens with zero attached hydrogens (tertiary/aromatic N) is 2. The second-order valence-corrected chi connectivity index (χ2v) is 11.7. The molecule has 0 saturated carbocycles. The van der Waals surface area contributed by atoms with E-state index in [4.69, 9.17) is 5.73 Å². The van der Waals surface area contributed by atoms with Crippen LogP contribution in [0.2, 0.25) is 0 Å². The van der Waals surface area contributed by atoms with E-state index in [1.54, 1.807) is 12.1 Å². The summed E-state index contributed by atoms with van der Waals surface area (Å²) in [4.78, 5) is 30.0. The molecule has 4 N–H and O–H groups in total. The predicted octanol–water partition coefficient (Wildman–Crippen LogP) is 3.35. The summed E-state index contributed by atoms with van der Waals surface area (Å²) in [5.74, 6) is -0.754. The molecule has 2 heterocycles. The largest absolute Gasteiger partial charge is 0.366 e. The smallest absolute Gasteiger partial charge is 0.250 e. The van der Waals surface area contributed by atoms with E-state index in [2.05, 4.69) is 10.3 Å². The van der Waals surface area contributed by atoms with Crippen molar-refractivity contribution in [1.29, 1.82) is 0 Å². The molecule has 1 aromatic heterocycles. The van der Waals surface area contributed by atoms with Gasteiger partial charge in [-0.3, -0.25) is 9.59 Å². The van der Waals surface area contributed by atoms with E-state index in [0.717, 1.165) is 33.3 Å². The van der Waals surface area contributed by atoms with Crippen molar-refractivity contribution in [3.63, 3.8) is 0 Å². The van der Waals surface area contributed by atoms with E-state index >= 15 is 0 Å². The number of H-pyrrole nitrogens is 1. The molecule has 2 aromatic carbocycles. The maximum absolute atomic E-state index is 12.5. The second-order valence-electron chi connectivity index (χ2n) is 9.73. The van der Waals surface area contributed by atoms with Crippen LogP contribution in [0, 0.1) is 6.92 Å². The Labute approximate surface area is 223 Å². The van der Waals surface area contributed by atoms with Gasteiger partial charge in [-0.1, -0.05) is 30.4 Å². The summed E-state index contributed by atoms with van der Waals surface area (Å²) in [6.07, 6.45) is 6.97. The lowest BCUT2D eigenvalue weighted by atomic mass is 9.94. The highest BCUT2D eigenvalue weighted by atomic mass is 32.2. The summed E-state index contributed by atoms with van der Waals surface area (Å²) in [6.45, 7) is 3.29. The molecule has 200 valence electrons. The Morgan fingerprint density at radius 2 is 1.95 bits per heavy atom. The molecule has 0 saturated heterocycles. The Morgan fingerprint density at radius 3 is 2.58 bits per heavy atom. The molecule has 9 nitrogen and oxygen atoms in total. The van der Waals surface area contributed by atoms with Crippen LogP contribution in [0.5, 0.6) is 0 Å². The third-order valence-corrected chi connectivity index (χ3v) is 7.94. The van der Waals surface area contributed by atoms with Crippen LogP contribution < -0.4 is 11.1 Å². The molecule has 0 radical (unpaired) electrons. The summed E-state index contributed by atoms with van der Waals surface area (Å²) in [5, 5.41) is 3.78. The van der Waals surface area contributed by atoms with Crippen LogP contribution in [0.1, 0.15) is 28.0 Å². The van der Waals surface area contributed by atoms with Crippen LogP contribution in [-0.4, -0.2) is 74.4 Å².